The quantitative estimate of drug-likeness (QED) is 0.486. The average Bonchev–Trinajstić information content (AvgIpc) is 1.82. The number of hydrogen-bond acceptors (Lipinski definition) is 1. The molecule has 0 aromatic rings. The second-order valence-corrected chi connectivity index (χ2v) is 5.05. The lowest BCUT2D eigenvalue weighted by Gasteiger charge is -2.29. The van der Waals surface area contributed by atoms with Crippen LogP contribution in [0.2, 0.25) is 0 Å². The first kappa shape index (κ1) is 12.5. The van der Waals surface area contributed by atoms with Crippen LogP contribution in [0.5, 0.6) is 0 Å². The third-order valence-corrected chi connectivity index (χ3v) is 1.77. The Morgan fingerprint density at radius 3 is 1.62 bits per heavy atom. The second kappa shape index (κ2) is 4.64. The molecule has 0 N–H and O–H groups in total. The molecule has 13 heavy (non-hydrogen) atoms. The van der Waals surface area contributed by atoms with Gasteiger partial charge in [-0.1, -0.05) is 0 Å². The smallest absolute Gasteiger partial charge is 0.0860 e. The summed E-state index contributed by atoms with van der Waals surface area (Å²) in [6.07, 6.45) is 1.98. The molecule has 2 heteroatoms. The first-order valence-corrected chi connectivity index (χ1v) is 5.07. The van der Waals surface area contributed by atoms with E-state index >= 15 is 0 Å². The molecule has 0 fully saturated rings. The van der Waals surface area contributed by atoms with Crippen molar-refractivity contribution in [3.8, 4) is 0 Å². The van der Waals surface area contributed by atoms with E-state index in [0.717, 1.165) is 0 Å². The number of rotatable bonds is 3. The van der Waals surface area contributed by atoms with Crippen LogP contribution in [0.4, 0.5) is 0 Å². The van der Waals surface area contributed by atoms with Crippen LogP contribution in [0, 0.1) is 0 Å². The fourth-order valence-corrected chi connectivity index (χ4v) is 1.10. The van der Waals surface area contributed by atoms with E-state index < -0.39 is 0 Å². The van der Waals surface area contributed by atoms with Gasteiger partial charge in [0.05, 0.1) is 11.9 Å². The third-order valence-electron chi connectivity index (χ3n) is 1.77. The van der Waals surface area contributed by atoms with Gasteiger partial charge in [-0.25, -0.2) is 0 Å². The SMILES string of the molecule is CC(C)N(/C=N/C(C)(C)C)C(C)C. The number of aliphatic imine (C=N–C) groups is 1. The van der Waals surface area contributed by atoms with Crippen molar-refractivity contribution in [2.45, 2.75) is 66.1 Å². The zero-order valence-electron chi connectivity index (χ0n) is 10.1. The number of hydrogen-bond donors (Lipinski definition) is 0. The van der Waals surface area contributed by atoms with Gasteiger partial charge in [0.15, 0.2) is 0 Å². The maximum absolute atomic E-state index is 4.50. The molecule has 0 atom stereocenters. The predicted molar refractivity (Wildman–Crippen MR) is 60.4 cm³/mol. The minimum Gasteiger partial charge on any atom is -0.358 e. The summed E-state index contributed by atoms with van der Waals surface area (Å²) in [4.78, 5) is 6.77. The summed E-state index contributed by atoms with van der Waals surface area (Å²) in [7, 11) is 0. The van der Waals surface area contributed by atoms with Gasteiger partial charge in [-0.3, -0.25) is 4.99 Å². The summed E-state index contributed by atoms with van der Waals surface area (Å²) in [6, 6.07) is 1.04. The molecule has 0 unspecified atom stereocenters. The van der Waals surface area contributed by atoms with Crippen molar-refractivity contribution in [2.75, 3.05) is 0 Å². The highest BCUT2D eigenvalue weighted by molar-refractivity contribution is 5.56. The molecular formula is C11H24N2. The Bertz CT molecular complexity index is 155. The Labute approximate surface area is 83.0 Å². The molecule has 0 aromatic heterocycles. The van der Waals surface area contributed by atoms with Gasteiger partial charge in [-0.2, -0.15) is 0 Å². The lowest BCUT2D eigenvalue weighted by molar-refractivity contribution is 0.298. The first-order valence-electron chi connectivity index (χ1n) is 5.07. The van der Waals surface area contributed by atoms with Gasteiger partial charge in [0.2, 0.25) is 0 Å². The average molecular weight is 184 g/mol. The fourth-order valence-electron chi connectivity index (χ4n) is 1.10. The molecule has 0 radical (unpaired) electrons. The van der Waals surface area contributed by atoms with Crippen molar-refractivity contribution in [3.63, 3.8) is 0 Å². The highest BCUT2D eigenvalue weighted by Gasteiger charge is 2.11. The summed E-state index contributed by atoms with van der Waals surface area (Å²) in [5.41, 5.74) is 0.0298. The third kappa shape index (κ3) is 5.67. The van der Waals surface area contributed by atoms with Gasteiger partial charge < -0.3 is 4.90 Å². The zero-order chi connectivity index (χ0) is 10.6. The van der Waals surface area contributed by atoms with Gasteiger partial charge >= 0.3 is 0 Å². The lowest BCUT2D eigenvalue weighted by atomic mass is 10.1. The van der Waals surface area contributed by atoms with E-state index in [0.29, 0.717) is 12.1 Å². The Balaban J connectivity index is 4.35. The Kier molecular flexibility index (Phi) is 4.45. The van der Waals surface area contributed by atoms with Crippen LogP contribution in [0.3, 0.4) is 0 Å². The van der Waals surface area contributed by atoms with Crippen LogP contribution in [0.1, 0.15) is 48.5 Å². The van der Waals surface area contributed by atoms with E-state index in [-0.39, 0.29) is 5.54 Å². The maximum Gasteiger partial charge on any atom is 0.0860 e. The Hall–Kier alpha value is -0.530. The van der Waals surface area contributed by atoms with Crippen molar-refractivity contribution in [2.24, 2.45) is 4.99 Å². The summed E-state index contributed by atoms with van der Waals surface area (Å²) in [6.45, 7) is 15.1. The molecule has 78 valence electrons. The van der Waals surface area contributed by atoms with E-state index in [9.17, 15) is 0 Å². The zero-order valence-corrected chi connectivity index (χ0v) is 10.1. The predicted octanol–water partition coefficient (Wildman–Crippen LogP) is 2.93. The molecule has 0 amide bonds. The highest BCUT2D eigenvalue weighted by Crippen LogP contribution is 2.08. The van der Waals surface area contributed by atoms with Crippen LogP contribution in [-0.2, 0) is 0 Å². The monoisotopic (exact) mass is 184 g/mol. The largest absolute Gasteiger partial charge is 0.358 e. The van der Waals surface area contributed by atoms with Crippen LogP contribution in [-0.4, -0.2) is 28.9 Å². The minimum absolute atomic E-state index is 0.0298. The molecule has 0 aliphatic carbocycles. The maximum atomic E-state index is 4.50. The fraction of sp³-hybridized carbons (Fsp3) is 0.909. The summed E-state index contributed by atoms with van der Waals surface area (Å²) < 4.78 is 0. The van der Waals surface area contributed by atoms with Gasteiger partial charge in [-0.15, -0.1) is 0 Å². The van der Waals surface area contributed by atoms with Gasteiger partial charge in [-0.05, 0) is 48.5 Å². The summed E-state index contributed by atoms with van der Waals surface area (Å²) >= 11 is 0. The number of nitrogens with zero attached hydrogens (tertiary/aromatic N) is 2. The minimum atomic E-state index is 0.0298. The van der Waals surface area contributed by atoms with E-state index in [2.05, 4.69) is 58.4 Å². The second-order valence-electron chi connectivity index (χ2n) is 5.05. The van der Waals surface area contributed by atoms with Crippen LogP contribution < -0.4 is 0 Å². The van der Waals surface area contributed by atoms with E-state index in [1.165, 1.54) is 0 Å². The topological polar surface area (TPSA) is 15.6 Å². The molecule has 0 bridgehead atoms. The van der Waals surface area contributed by atoms with Gasteiger partial charge in [0.25, 0.3) is 0 Å². The normalized spacial score (nSPS) is 13.3. The van der Waals surface area contributed by atoms with Crippen LogP contribution in [0.25, 0.3) is 0 Å². The summed E-state index contributed by atoms with van der Waals surface area (Å²) in [5, 5.41) is 0. The van der Waals surface area contributed by atoms with Crippen molar-refractivity contribution < 1.29 is 0 Å². The van der Waals surface area contributed by atoms with Gasteiger partial charge in [0, 0.05) is 12.1 Å². The molecule has 0 saturated carbocycles. The molecule has 0 heterocycles. The molecule has 2 nitrogen and oxygen atoms in total. The first-order chi connectivity index (χ1) is 5.74. The van der Waals surface area contributed by atoms with Crippen LogP contribution in [0.15, 0.2) is 4.99 Å². The van der Waals surface area contributed by atoms with Gasteiger partial charge in [0.1, 0.15) is 0 Å². The van der Waals surface area contributed by atoms with Crippen molar-refractivity contribution in [1.82, 2.24) is 4.90 Å². The van der Waals surface area contributed by atoms with E-state index in [1.54, 1.807) is 0 Å². The van der Waals surface area contributed by atoms with Crippen molar-refractivity contribution in [3.05, 3.63) is 0 Å². The Morgan fingerprint density at radius 1 is 1.00 bits per heavy atom. The van der Waals surface area contributed by atoms with Crippen molar-refractivity contribution >= 4 is 6.34 Å². The molecule has 0 spiro atoms. The van der Waals surface area contributed by atoms with E-state index in [4.69, 9.17) is 0 Å². The molecule has 0 aromatic carbocycles. The summed E-state index contributed by atoms with van der Waals surface area (Å²) in [5.74, 6) is 0. The molecule has 0 saturated heterocycles. The molecule has 0 aliphatic rings. The van der Waals surface area contributed by atoms with Crippen LogP contribution >= 0.6 is 0 Å². The Morgan fingerprint density at radius 2 is 1.38 bits per heavy atom. The van der Waals surface area contributed by atoms with Crippen molar-refractivity contribution in [1.29, 1.82) is 0 Å². The molecule has 0 aliphatic heterocycles. The highest BCUT2D eigenvalue weighted by atomic mass is 15.2. The standard InChI is InChI=1S/C11H24N2/c1-9(2)13(10(3)4)8-12-11(5,6)7/h8-10H,1-7H3/b12-8+. The molecular weight excluding hydrogens is 160 g/mol. The molecule has 0 rings (SSSR count). The lowest BCUT2D eigenvalue weighted by Crippen LogP contribution is -2.36. The van der Waals surface area contributed by atoms with E-state index in [1.807, 2.05) is 6.34 Å².